The molecule has 0 aliphatic heterocycles. The molecule has 108 valence electrons. The number of anilines is 2. The largest absolute Gasteiger partial charge is 0.397 e. The predicted molar refractivity (Wildman–Crippen MR) is 84.0 cm³/mol. The summed E-state index contributed by atoms with van der Waals surface area (Å²) in [5, 5.41) is 7.12. The second-order valence-corrected chi connectivity index (χ2v) is 5.80. The van der Waals surface area contributed by atoms with Crippen molar-refractivity contribution < 1.29 is 4.79 Å². The van der Waals surface area contributed by atoms with Crippen molar-refractivity contribution in [2.45, 2.75) is 52.0 Å². The van der Waals surface area contributed by atoms with Crippen LogP contribution in [0.25, 0.3) is 0 Å². The Balaban J connectivity index is 2.70. The number of hydrogen-bond donors (Lipinski definition) is 3. The van der Waals surface area contributed by atoms with Gasteiger partial charge in [-0.3, -0.25) is 4.79 Å². The molecule has 0 fully saturated rings. The van der Waals surface area contributed by atoms with Gasteiger partial charge in [0.2, 0.25) is 0 Å². The molecule has 1 heterocycles. The Kier molecular flexibility index (Phi) is 6.70. The summed E-state index contributed by atoms with van der Waals surface area (Å²) in [6.45, 7) is 4.40. The number of amides is 1. The second-order valence-electron chi connectivity index (χ2n) is 4.75. The fourth-order valence-electron chi connectivity index (χ4n) is 2.06. The Morgan fingerprint density at radius 3 is 2.68 bits per heavy atom. The molecule has 0 saturated carbocycles. The highest BCUT2D eigenvalue weighted by atomic mass is 32.1. The van der Waals surface area contributed by atoms with E-state index in [2.05, 4.69) is 24.5 Å². The van der Waals surface area contributed by atoms with Crippen LogP contribution in [-0.2, 0) is 0 Å². The zero-order valence-corrected chi connectivity index (χ0v) is 12.9. The standard InChI is InChI=1S/C14H25N3OS/c1-4-6-8-10(7-5-2)17-12-9-11(15)13(19-12)14(18)16-3/h9-10,17H,4-8,15H2,1-3H3,(H,16,18). The molecule has 0 aromatic carbocycles. The number of nitrogen functional groups attached to an aromatic ring is 1. The Morgan fingerprint density at radius 2 is 2.11 bits per heavy atom. The summed E-state index contributed by atoms with van der Waals surface area (Å²) < 4.78 is 0. The molecule has 1 aromatic rings. The fourth-order valence-corrected chi connectivity index (χ4v) is 3.06. The van der Waals surface area contributed by atoms with Crippen LogP contribution in [0.2, 0.25) is 0 Å². The van der Waals surface area contributed by atoms with Crippen LogP contribution in [0.3, 0.4) is 0 Å². The van der Waals surface area contributed by atoms with Gasteiger partial charge in [-0.2, -0.15) is 0 Å². The van der Waals surface area contributed by atoms with E-state index in [1.807, 2.05) is 6.07 Å². The Hall–Kier alpha value is -1.23. The maximum Gasteiger partial charge on any atom is 0.263 e. The first kappa shape index (κ1) is 15.8. The number of carbonyl (C=O) groups is 1. The topological polar surface area (TPSA) is 67.1 Å². The van der Waals surface area contributed by atoms with Gasteiger partial charge in [0.1, 0.15) is 4.88 Å². The lowest BCUT2D eigenvalue weighted by molar-refractivity contribution is 0.0968. The number of hydrogen-bond acceptors (Lipinski definition) is 4. The quantitative estimate of drug-likeness (QED) is 0.684. The molecule has 0 aliphatic carbocycles. The molecule has 1 amide bonds. The molecule has 4 nitrogen and oxygen atoms in total. The predicted octanol–water partition coefficient (Wildman–Crippen LogP) is 3.46. The van der Waals surface area contributed by atoms with E-state index < -0.39 is 0 Å². The van der Waals surface area contributed by atoms with Gasteiger partial charge in [0.25, 0.3) is 5.91 Å². The first-order chi connectivity index (χ1) is 9.12. The van der Waals surface area contributed by atoms with Crippen molar-refractivity contribution in [3.8, 4) is 0 Å². The summed E-state index contributed by atoms with van der Waals surface area (Å²) >= 11 is 1.43. The van der Waals surface area contributed by atoms with Gasteiger partial charge in [-0.25, -0.2) is 0 Å². The molecule has 0 saturated heterocycles. The average Bonchev–Trinajstić information content (AvgIpc) is 2.76. The van der Waals surface area contributed by atoms with Gasteiger partial charge < -0.3 is 16.4 Å². The van der Waals surface area contributed by atoms with Gasteiger partial charge in [0.15, 0.2) is 0 Å². The summed E-state index contributed by atoms with van der Waals surface area (Å²) in [6.07, 6.45) is 5.90. The van der Waals surface area contributed by atoms with Crippen LogP contribution in [0.1, 0.15) is 55.6 Å². The lowest BCUT2D eigenvalue weighted by Crippen LogP contribution is -2.18. The summed E-state index contributed by atoms with van der Waals surface area (Å²) in [5.41, 5.74) is 6.43. The number of carbonyl (C=O) groups excluding carboxylic acids is 1. The highest BCUT2D eigenvalue weighted by Gasteiger charge is 2.15. The Bertz CT molecular complexity index is 403. The van der Waals surface area contributed by atoms with Crippen LogP contribution in [-0.4, -0.2) is 19.0 Å². The summed E-state index contributed by atoms with van der Waals surface area (Å²) in [7, 11) is 1.62. The van der Waals surface area contributed by atoms with Crippen LogP contribution in [0, 0.1) is 0 Å². The van der Waals surface area contributed by atoms with E-state index in [-0.39, 0.29) is 5.91 Å². The van der Waals surface area contributed by atoms with E-state index in [4.69, 9.17) is 5.73 Å². The maximum absolute atomic E-state index is 11.6. The second kappa shape index (κ2) is 8.04. The Morgan fingerprint density at radius 1 is 1.37 bits per heavy atom. The molecule has 0 radical (unpaired) electrons. The van der Waals surface area contributed by atoms with E-state index in [0.29, 0.717) is 16.6 Å². The monoisotopic (exact) mass is 283 g/mol. The first-order valence-corrected chi connectivity index (χ1v) is 7.81. The van der Waals surface area contributed by atoms with Crippen LogP contribution in [0.15, 0.2) is 6.07 Å². The minimum atomic E-state index is -0.115. The SMILES string of the molecule is CCCCC(CCC)Nc1cc(N)c(C(=O)NC)s1. The molecule has 4 N–H and O–H groups in total. The lowest BCUT2D eigenvalue weighted by Gasteiger charge is -2.17. The van der Waals surface area contributed by atoms with Crippen LogP contribution >= 0.6 is 11.3 Å². The molecule has 1 atom stereocenters. The van der Waals surface area contributed by atoms with Crippen molar-refractivity contribution in [1.29, 1.82) is 0 Å². The van der Waals surface area contributed by atoms with E-state index in [1.165, 1.54) is 24.2 Å². The molecule has 0 bridgehead atoms. The first-order valence-electron chi connectivity index (χ1n) is 7.00. The van der Waals surface area contributed by atoms with E-state index in [0.717, 1.165) is 24.3 Å². The highest BCUT2D eigenvalue weighted by Crippen LogP contribution is 2.30. The molecule has 0 aliphatic rings. The summed E-state index contributed by atoms with van der Waals surface area (Å²) in [4.78, 5) is 12.2. The van der Waals surface area contributed by atoms with Gasteiger partial charge in [-0.1, -0.05) is 33.1 Å². The van der Waals surface area contributed by atoms with Crippen molar-refractivity contribution in [2.75, 3.05) is 18.1 Å². The van der Waals surface area contributed by atoms with E-state index in [9.17, 15) is 4.79 Å². The molecule has 1 rings (SSSR count). The lowest BCUT2D eigenvalue weighted by atomic mass is 10.1. The van der Waals surface area contributed by atoms with Crippen LogP contribution in [0.5, 0.6) is 0 Å². The highest BCUT2D eigenvalue weighted by molar-refractivity contribution is 7.18. The van der Waals surface area contributed by atoms with E-state index in [1.54, 1.807) is 7.05 Å². The number of unbranched alkanes of at least 4 members (excludes halogenated alkanes) is 1. The van der Waals surface area contributed by atoms with Gasteiger partial charge >= 0.3 is 0 Å². The molecule has 1 unspecified atom stereocenters. The number of nitrogens with one attached hydrogen (secondary N) is 2. The minimum absolute atomic E-state index is 0.115. The van der Waals surface area contributed by atoms with Gasteiger partial charge in [0.05, 0.1) is 10.7 Å². The third-order valence-corrected chi connectivity index (χ3v) is 4.16. The third-order valence-electron chi connectivity index (χ3n) is 3.08. The number of thiophene rings is 1. The number of nitrogens with two attached hydrogens (primary N) is 1. The van der Waals surface area contributed by atoms with Gasteiger partial charge in [0, 0.05) is 13.1 Å². The van der Waals surface area contributed by atoms with Crippen LogP contribution in [0.4, 0.5) is 10.7 Å². The summed E-state index contributed by atoms with van der Waals surface area (Å²) in [5.74, 6) is -0.115. The third kappa shape index (κ3) is 4.74. The van der Waals surface area contributed by atoms with Crippen molar-refractivity contribution in [1.82, 2.24) is 5.32 Å². The fraction of sp³-hybridized carbons (Fsp3) is 0.643. The van der Waals surface area contributed by atoms with Crippen molar-refractivity contribution in [2.24, 2.45) is 0 Å². The molecule has 5 heteroatoms. The van der Waals surface area contributed by atoms with Crippen molar-refractivity contribution in [3.05, 3.63) is 10.9 Å². The smallest absolute Gasteiger partial charge is 0.263 e. The van der Waals surface area contributed by atoms with Crippen LogP contribution < -0.4 is 16.4 Å². The molecular formula is C14H25N3OS. The minimum Gasteiger partial charge on any atom is -0.397 e. The number of rotatable bonds is 8. The van der Waals surface area contributed by atoms with Gasteiger partial charge in [-0.15, -0.1) is 11.3 Å². The molecule has 0 spiro atoms. The van der Waals surface area contributed by atoms with Crippen molar-refractivity contribution >= 4 is 27.9 Å². The molecular weight excluding hydrogens is 258 g/mol. The Labute approximate surface area is 119 Å². The normalized spacial score (nSPS) is 12.2. The molecule has 19 heavy (non-hydrogen) atoms. The average molecular weight is 283 g/mol. The zero-order chi connectivity index (χ0) is 14.3. The van der Waals surface area contributed by atoms with Gasteiger partial charge in [-0.05, 0) is 18.9 Å². The summed E-state index contributed by atoms with van der Waals surface area (Å²) in [6, 6.07) is 2.34. The molecule has 1 aromatic heterocycles. The van der Waals surface area contributed by atoms with Crippen molar-refractivity contribution in [3.63, 3.8) is 0 Å². The van der Waals surface area contributed by atoms with E-state index >= 15 is 0 Å². The maximum atomic E-state index is 11.6. The zero-order valence-electron chi connectivity index (χ0n) is 12.1.